The van der Waals surface area contributed by atoms with Gasteiger partial charge in [0.1, 0.15) is 22.8 Å². The van der Waals surface area contributed by atoms with Crippen molar-refractivity contribution in [1.82, 2.24) is 14.6 Å². The summed E-state index contributed by atoms with van der Waals surface area (Å²) >= 11 is 12.3. The average molecular weight is 430 g/mol. The number of hydrogen-bond acceptors (Lipinski definition) is 6. The maximum Gasteiger partial charge on any atom is 0.225 e. The van der Waals surface area contributed by atoms with Crippen LogP contribution in [0.5, 0.6) is 0 Å². The molecule has 0 saturated carbocycles. The number of hydrogen-bond donors (Lipinski definition) is 1. The number of aromatic nitrogens is 3. The van der Waals surface area contributed by atoms with E-state index < -0.39 is 6.04 Å². The molecule has 152 valence electrons. The molecule has 7 nitrogen and oxygen atoms in total. The zero-order valence-electron chi connectivity index (χ0n) is 15.7. The fourth-order valence-corrected chi connectivity index (χ4v) is 3.36. The zero-order valence-corrected chi connectivity index (χ0v) is 17.2. The fourth-order valence-electron chi connectivity index (χ4n) is 2.97. The summed E-state index contributed by atoms with van der Waals surface area (Å²) in [4.78, 5) is 8.34. The molecule has 4 heterocycles. The van der Waals surface area contributed by atoms with E-state index >= 15 is 4.48 Å². The highest BCUT2D eigenvalue weighted by Gasteiger charge is 2.26. The number of furan rings is 1. The normalized spacial score (nSPS) is 16.5. The molecule has 0 spiro atoms. The van der Waals surface area contributed by atoms with Gasteiger partial charge in [-0.25, -0.2) is 9.66 Å². The van der Waals surface area contributed by atoms with Crippen LogP contribution in [-0.2, 0) is 11.3 Å². The largest absolute Gasteiger partial charge is 0.467 e. The fraction of sp³-hybridized carbons (Fsp3) is 0.444. The van der Waals surface area contributed by atoms with Gasteiger partial charge in [0.2, 0.25) is 5.28 Å². The second-order valence-electron chi connectivity index (χ2n) is 5.95. The Labute approximate surface area is 172 Å². The first-order valence-corrected chi connectivity index (χ1v) is 9.92. The van der Waals surface area contributed by atoms with E-state index in [0.717, 1.165) is 6.42 Å². The van der Waals surface area contributed by atoms with Gasteiger partial charge < -0.3 is 14.5 Å². The SMILES string of the molecule is CC.FN(C1CCCOC1)n1cc(Cl)c2nc(Cl)nc(NCc3ccco3)c21. The summed E-state index contributed by atoms with van der Waals surface area (Å²) in [6.45, 7) is 5.31. The number of ether oxygens (including phenoxy) is 1. The van der Waals surface area contributed by atoms with Crippen molar-refractivity contribution < 1.29 is 13.6 Å². The topological polar surface area (TPSA) is 68.3 Å². The summed E-state index contributed by atoms with van der Waals surface area (Å²) in [5, 5.41) is 4.02. The Bertz CT molecular complexity index is 897. The predicted molar refractivity (Wildman–Crippen MR) is 108 cm³/mol. The van der Waals surface area contributed by atoms with Crippen LogP contribution in [0.25, 0.3) is 11.0 Å². The molecule has 4 rings (SSSR count). The highest BCUT2D eigenvalue weighted by atomic mass is 35.5. The summed E-state index contributed by atoms with van der Waals surface area (Å²) in [6, 6.07) is 3.19. The molecular formula is C18H22Cl2FN5O2. The number of fused-ring (bicyclic) bond motifs is 1. The summed E-state index contributed by atoms with van der Waals surface area (Å²) < 4.78 is 27.1. The van der Waals surface area contributed by atoms with Crippen molar-refractivity contribution >= 4 is 40.1 Å². The van der Waals surface area contributed by atoms with Gasteiger partial charge in [-0.3, -0.25) is 0 Å². The third-order valence-electron chi connectivity index (χ3n) is 4.20. The molecule has 10 heteroatoms. The van der Waals surface area contributed by atoms with E-state index in [2.05, 4.69) is 15.3 Å². The summed E-state index contributed by atoms with van der Waals surface area (Å²) in [5.74, 6) is 1.07. The zero-order chi connectivity index (χ0) is 20.1. The molecule has 0 aromatic carbocycles. The van der Waals surface area contributed by atoms with E-state index in [1.54, 1.807) is 12.3 Å². The van der Waals surface area contributed by atoms with E-state index in [9.17, 15) is 0 Å². The lowest BCUT2D eigenvalue weighted by atomic mass is 10.1. The Morgan fingerprint density at radius 3 is 2.86 bits per heavy atom. The van der Waals surface area contributed by atoms with Crippen molar-refractivity contribution in [3.8, 4) is 0 Å². The smallest absolute Gasteiger partial charge is 0.225 e. The first-order chi connectivity index (χ1) is 13.6. The predicted octanol–water partition coefficient (Wildman–Crippen LogP) is 4.97. The monoisotopic (exact) mass is 429 g/mol. The summed E-state index contributed by atoms with van der Waals surface area (Å²) in [5.41, 5.74) is 0.770. The Kier molecular flexibility index (Phi) is 6.98. The lowest BCUT2D eigenvalue weighted by Gasteiger charge is -2.29. The molecule has 3 aromatic heterocycles. The quantitative estimate of drug-likeness (QED) is 0.455. The van der Waals surface area contributed by atoms with Gasteiger partial charge >= 0.3 is 0 Å². The van der Waals surface area contributed by atoms with Crippen LogP contribution in [0.3, 0.4) is 0 Å². The summed E-state index contributed by atoms with van der Waals surface area (Å²) in [7, 11) is 0. The van der Waals surface area contributed by atoms with Crippen LogP contribution >= 0.6 is 23.2 Å². The molecule has 1 saturated heterocycles. The number of anilines is 1. The lowest BCUT2D eigenvalue weighted by Crippen LogP contribution is -2.42. The van der Waals surface area contributed by atoms with Gasteiger partial charge in [0.15, 0.2) is 5.82 Å². The van der Waals surface area contributed by atoms with E-state index in [1.807, 2.05) is 19.9 Å². The third kappa shape index (κ3) is 4.34. The minimum absolute atomic E-state index is 0.0190. The highest BCUT2D eigenvalue weighted by Crippen LogP contribution is 2.31. The average Bonchev–Trinajstić information content (AvgIpc) is 3.36. The third-order valence-corrected chi connectivity index (χ3v) is 4.65. The van der Waals surface area contributed by atoms with Crippen molar-refractivity contribution in [2.75, 3.05) is 23.8 Å². The number of nitrogens with zero attached hydrogens (tertiary/aromatic N) is 4. The van der Waals surface area contributed by atoms with Gasteiger partial charge in [0.05, 0.1) is 30.6 Å². The number of nitrogens with one attached hydrogen (secondary N) is 1. The van der Waals surface area contributed by atoms with Crippen molar-refractivity contribution in [3.05, 3.63) is 40.7 Å². The second kappa shape index (κ2) is 9.45. The standard InChI is InChI=1S/C16H16Cl2FN5O2.C2H6/c17-12-8-23(24(19)10-3-1-5-25-9-10)14-13(12)21-16(18)22-15(14)20-7-11-4-2-6-26-11;1-2/h2,4,6,8,10H,1,3,5,7,9H2,(H,20,21,22);1-2H3. The number of halogens is 3. The van der Waals surface area contributed by atoms with Gasteiger partial charge in [-0.05, 0) is 36.6 Å². The Balaban J connectivity index is 0.00000109. The first kappa shape index (κ1) is 20.7. The molecule has 1 unspecified atom stereocenters. The van der Waals surface area contributed by atoms with E-state index in [-0.39, 0.29) is 10.3 Å². The van der Waals surface area contributed by atoms with Gasteiger partial charge in [0.25, 0.3) is 0 Å². The van der Waals surface area contributed by atoms with Crippen LogP contribution < -0.4 is 10.5 Å². The Hall–Kier alpha value is -2.03. The van der Waals surface area contributed by atoms with Gasteiger partial charge in [-0.2, -0.15) is 4.98 Å². The van der Waals surface area contributed by atoms with Crippen molar-refractivity contribution in [3.63, 3.8) is 0 Å². The second-order valence-corrected chi connectivity index (χ2v) is 6.70. The molecule has 1 atom stereocenters. The highest BCUT2D eigenvalue weighted by molar-refractivity contribution is 6.36. The van der Waals surface area contributed by atoms with Crippen LogP contribution in [0.2, 0.25) is 10.3 Å². The van der Waals surface area contributed by atoms with Crippen molar-refractivity contribution in [2.24, 2.45) is 0 Å². The minimum atomic E-state index is -0.413. The molecule has 1 aliphatic rings. The molecule has 0 aliphatic carbocycles. The van der Waals surface area contributed by atoms with Crippen molar-refractivity contribution in [2.45, 2.75) is 39.3 Å². The van der Waals surface area contributed by atoms with Gasteiger partial charge in [-0.1, -0.05) is 29.9 Å². The van der Waals surface area contributed by atoms with E-state index in [1.165, 1.54) is 10.9 Å². The molecule has 1 aliphatic heterocycles. The van der Waals surface area contributed by atoms with Crippen LogP contribution in [0.15, 0.2) is 29.0 Å². The van der Waals surface area contributed by atoms with Crippen LogP contribution in [-0.4, -0.2) is 33.9 Å². The number of rotatable bonds is 5. The Morgan fingerprint density at radius 1 is 1.36 bits per heavy atom. The van der Waals surface area contributed by atoms with E-state index in [4.69, 9.17) is 32.4 Å². The van der Waals surface area contributed by atoms with Gasteiger partial charge in [0, 0.05) is 6.61 Å². The van der Waals surface area contributed by atoms with Crippen LogP contribution in [0.1, 0.15) is 32.4 Å². The lowest BCUT2D eigenvalue weighted by molar-refractivity contribution is 0.0527. The maximum absolute atomic E-state index is 15.1. The molecule has 0 radical (unpaired) electrons. The minimum Gasteiger partial charge on any atom is -0.467 e. The first-order valence-electron chi connectivity index (χ1n) is 9.17. The molecule has 1 fully saturated rings. The molecule has 0 bridgehead atoms. The van der Waals surface area contributed by atoms with Gasteiger partial charge in [-0.15, -0.1) is 5.23 Å². The van der Waals surface area contributed by atoms with Crippen LogP contribution in [0.4, 0.5) is 10.3 Å². The molecule has 0 amide bonds. The summed E-state index contributed by atoms with van der Waals surface area (Å²) in [6.07, 6.45) is 4.51. The van der Waals surface area contributed by atoms with Crippen molar-refractivity contribution in [1.29, 1.82) is 0 Å². The molecule has 1 N–H and O–H groups in total. The van der Waals surface area contributed by atoms with Crippen LogP contribution in [0, 0.1) is 0 Å². The van der Waals surface area contributed by atoms with E-state index in [0.29, 0.717) is 54.0 Å². The Morgan fingerprint density at radius 2 is 2.18 bits per heavy atom. The maximum atomic E-state index is 15.1. The molecule has 28 heavy (non-hydrogen) atoms. The molecule has 3 aromatic rings. The molecular weight excluding hydrogens is 408 g/mol.